The molecule has 0 fully saturated rings. The van der Waals surface area contributed by atoms with E-state index in [9.17, 15) is 0 Å². The summed E-state index contributed by atoms with van der Waals surface area (Å²) in [6.07, 6.45) is 5.45. The zero-order chi connectivity index (χ0) is 6.53. The van der Waals surface area contributed by atoms with Gasteiger partial charge in [0.05, 0.1) is 6.54 Å². The van der Waals surface area contributed by atoms with Gasteiger partial charge in [-0.3, -0.25) is 4.99 Å². The third kappa shape index (κ3) is 1.68. The molecule has 1 heterocycles. The lowest BCUT2D eigenvalue weighted by Gasteiger charge is -1.97. The lowest BCUT2D eigenvalue weighted by molar-refractivity contribution is 0.213. The van der Waals surface area contributed by atoms with Gasteiger partial charge in [0.15, 0.2) is 0 Å². The SMILES string of the molecule is CON=C1C=CC=NC1. The summed E-state index contributed by atoms with van der Waals surface area (Å²) in [6.45, 7) is 0.629. The Bertz CT molecular complexity index is 170. The molecular weight excluding hydrogens is 116 g/mol. The van der Waals surface area contributed by atoms with Gasteiger partial charge in [0.1, 0.15) is 12.8 Å². The maximum absolute atomic E-state index is 4.54. The van der Waals surface area contributed by atoms with E-state index >= 15 is 0 Å². The van der Waals surface area contributed by atoms with Gasteiger partial charge in [0, 0.05) is 6.21 Å². The second-order valence-corrected chi connectivity index (χ2v) is 1.61. The highest BCUT2D eigenvalue weighted by atomic mass is 16.6. The molecule has 48 valence electrons. The van der Waals surface area contributed by atoms with Crippen molar-refractivity contribution in [1.82, 2.24) is 0 Å². The van der Waals surface area contributed by atoms with Crippen LogP contribution in [0.25, 0.3) is 0 Å². The molecule has 3 nitrogen and oxygen atoms in total. The number of oxime groups is 1. The smallest absolute Gasteiger partial charge is 0.106 e. The Morgan fingerprint density at radius 2 is 2.67 bits per heavy atom. The van der Waals surface area contributed by atoms with E-state index in [2.05, 4.69) is 15.0 Å². The number of allylic oxidation sites excluding steroid dienone is 1. The summed E-state index contributed by atoms with van der Waals surface area (Å²) in [4.78, 5) is 8.50. The van der Waals surface area contributed by atoms with Crippen LogP contribution >= 0.6 is 0 Å². The maximum Gasteiger partial charge on any atom is 0.106 e. The van der Waals surface area contributed by atoms with Crippen LogP contribution in [0, 0.1) is 0 Å². The zero-order valence-corrected chi connectivity index (χ0v) is 5.24. The lowest BCUT2D eigenvalue weighted by atomic mass is 10.3. The van der Waals surface area contributed by atoms with Gasteiger partial charge >= 0.3 is 0 Å². The standard InChI is InChI=1S/C6H8N2O/c1-9-8-6-3-2-4-7-5-6/h2-4H,5H2,1H3. The summed E-state index contributed by atoms with van der Waals surface area (Å²) in [5, 5.41) is 3.70. The largest absolute Gasteiger partial charge is 0.399 e. The van der Waals surface area contributed by atoms with E-state index in [-0.39, 0.29) is 0 Å². The summed E-state index contributed by atoms with van der Waals surface area (Å²) in [7, 11) is 1.53. The van der Waals surface area contributed by atoms with Gasteiger partial charge in [0.2, 0.25) is 0 Å². The van der Waals surface area contributed by atoms with Gasteiger partial charge in [-0.05, 0) is 12.2 Å². The second-order valence-electron chi connectivity index (χ2n) is 1.61. The van der Waals surface area contributed by atoms with Gasteiger partial charge in [-0.1, -0.05) is 5.16 Å². The summed E-state index contributed by atoms with van der Waals surface area (Å²) >= 11 is 0. The van der Waals surface area contributed by atoms with Crippen molar-refractivity contribution in [2.45, 2.75) is 0 Å². The molecular formula is C6H8N2O. The first kappa shape index (κ1) is 6.01. The number of hydrogen-bond donors (Lipinski definition) is 0. The van der Waals surface area contributed by atoms with Crippen LogP contribution in [0.3, 0.4) is 0 Å². The minimum atomic E-state index is 0.629. The summed E-state index contributed by atoms with van der Waals surface area (Å²) in [5.74, 6) is 0. The molecule has 1 aliphatic heterocycles. The molecule has 0 unspecified atom stereocenters. The van der Waals surface area contributed by atoms with Crippen LogP contribution in [0.5, 0.6) is 0 Å². The molecule has 0 amide bonds. The minimum Gasteiger partial charge on any atom is -0.399 e. The predicted molar refractivity (Wildman–Crippen MR) is 36.9 cm³/mol. The fourth-order valence-corrected chi connectivity index (χ4v) is 0.590. The van der Waals surface area contributed by atoms with Crippen LogP contribution in [-0.2, 0) is 4.84 Å². The van der Waals surface area contributed by atoms with Crippen LogP contribution in [-0.4, -0.2) is 25.6 Å². The Morgan fingerprint density at radius 1 is 1.78 bits per heavy atom. The van der Waals surface area contributed by atoms with Gasteiger partial charge in [0.25, 0.3) is 0 Å². The maximum atomic E-state index is 4.54. The third-order valence-corrected chi connectivity index (χ3v) is 0.942. The molecule has 9 heavy (non-hydrogen) atoms. The Morgan fingerprint density at radius 3 is 3.22 bits per heavy atom. The van der Waals surface area contributed by atoms with Crippen LogP contribution < -0.4 is 0 Å². The molecule has 0 saturated heterocycles. The van der Waals surface area contributed by atoms with Crippen molar-refractivity contribution in [1.29, 1.82) is 0 Å². The molecule has 0 bridgehead atoms. The second kappa shape index (κ2) is 3.02. The van der Waals surface area contributed by atoms with E-state index in [0.717, 1.165) is 5.71 Å². The predicted octanol–water partition coefficient (Wildman–Crippen LogP) is 0.629. The number of rotatable bonds is 1. The average molecular weight is 124 g/mol. The molecule has 0 aromatic heterocycles. The average Bonchev–Trinajstić information content (AvgIpc) is 1.91. The quantitative estimate of drug-likeness (QED) is 0.472. The molecule has 0 aliphatic carbocycles. The molecule has 0 atom stereocenters. The van der Waals surface area contributed by atoms with Gasteiger partial charge in [-0.2, -0.15) is 0 Å². The Hall–Kier alpha value is -1.12. The van der Waals surface area contributed by atoms with Crippen LogP contribution in [0.2, 0.25) is 0 Å². The molecule has 0 spiro atoms. The van der Waals surface area contributed by atoms with Crippen molar-refractivity contribution in [3.63, 3.8) is 0 Å². The number of nitrogens with zero attached hydrogens (tertiary/aromatic N) is 2. The summed E-state index contributed by atoms with van der Waals surface area (Å²) in [5.41, 5.74) is 0.861. The monoisotopic (exact) mass is 124 g/mol. The van der Waals surface area contributed by atoms with Crippen molar-refractivity contribution in [2.75, 3.05) is 13.7 Å². The minimum absolute atomic E-state index is 0.629. The first-order valence-electron chi connectivity index (χ1n) is 2.70. The zero-order valence-electron chi connectivity index (χ0n) is 5.24. The van der Waals surface area contributed by atoms with E-state index in [1.165, 1.54) is 7.11 Å². The van der Waals surface area contributed by atoms with Crippen molar-refractivity contribution in [2.24, 2.45) is 10.1 Å². The van der Waals surface area contributed by atoms with E-state index in [1.807, 2.05) is 12.2 Å². The van der Waals surface area contributed by atoms with Crippen LogP contribution in [0.15, 0.2) is 22.3 Å². The summed E-state index contributed by atoms with van der Waals surface area (Å²) in [6, 6.07) is 0. The first-order valence-corrected chi connectivity index (χ1v) is 2.70. The van der Waals surface area contributed by atoms with E-state index in [0.29, 0.717) is 6.54 Å². The summed E-state index contributed by atoms with van der Waals surface area (Å²) < 4.78 is 0. The van der Waals surface area contributed by atoms with Crippen molar-refractivity contribution in [3.8, 4) is 0 Å². The Balaban J connectivity index is 2.55. The fourth-order valence-electron chi connectivity index (χ4n) is 0.590. The highest BCUT2D eigenvalue weighted by Crippen LogP contribution is 1.89. The molecule has 0 radical (unpaired) electrons. The van der Waals surface area contributed by atoms with Crippen LogP contribution in [0.1, 0.15) is 0 Å². The normalized spacial score (nSPS) is 20.8. The van der Waals surface area contributed by atoms with Gasteiger partial charge in [-0.25, -0.2) is 0 Å². The molecule has 1 rings (SSSR count). The van der Waals surface area contributed by atoms with Crippen molar-refractivity contribution >= 4 is 11.9 Å². The number of hydrogen-bond acceptors (Lipinski definition) is 3. The van der Waals surface area contributed by atoms with E-state index in [4.69, 9.17) is 0 Å². The third-order valence-electron chi connectivity index (χ3n) is 0.942. The Kier molecular flexibility index (Phi) is 2.01. The Labute approximate surface area is 53.7 Å². The number of dihydropyridines is 1. The molecule has 0 saturated carbocycles. The first-order chi connectivity index (χ1) is 4.43. The topological polar surface area (TPSA) is 34.0 Å². The van der Waals surface area contributed by atoms with E-state index < -0.39 is 0 Å². The van der Waals surface area contributed by atoms with Gasteiger partial charge in [-0.15, -0.1) is 0 Å². The highest BCUT2D eigenvalue weighted by Gasteiger charge is 1.94. The molecule has 0 aromatic rings. The molecule has 0 aromatic carbocycles. The van der Waals surface area contributed by atoms with E-state index in [1.54, 1.807) is 6.21 Å². The lowest BCUT2D eigenvalue weighted by Crippen LogP contribution is -2.02. The molecule has 3 heteroatoms. The number of aliphatic imine (C=N–C) groups is 1. The highest BCUT2D eigenvalue weighted by molar-refractivity contribution is 6.01. The van der Waals surface area contributed by atoms with Crippen molar-refractivity contribution < 1.29 is 4.84 Å². The molecule has 0 N–H and O–H groups in total. The van der Waals surface area contributed by atoms with Crippen LogP contribution in [0.4, 0.5) is 0 Å². The fraction of sp³-hybridized carbons (Fsp3) is 0.333. The molecule has 1 aliphatic rings. The van der Waals surface area contributed by atoms with Gasteiger partial charge < -0.3 is 4.84 Å². The van der Waals surface area contributed by atoms with Crippen molar-refractivity contribution in [3.05, 3.63) is 12.2 Å².